The quantitative estimate of drug-likeness (QED) is 0.295. The third kappa shape index (κ3) is 4.91. The SMILES string of the molecule is COC(=O)C1(C)OCC(CCCCO/N=C(/C)c2cc3ccccc3o2)CO1. The first-order chi connectivity index (χ1) is 13.5. The lowest BCUT2D eigenvalue weighted by Crippen LogP contribution is -2.48. The van der Waals surface area contributed by atoms with Crippen LogP contribution >= 0.6 is 0 Å². The number of carbonyl (C=O) groups is 1. The van der Waals surface area contributed by atoms with E-state index in [1.54, 1.807) is 6.92 Å². The van der Waals surface area contributed by atoms with Crippen LogP contribution in [0.15, 0.2) is 39.9 Å². The molecular weight excluding hydrogens is 362 g/mol. The van der Waals surface area contributed by atoms with E-state index in [9.17, 15) is 4.79 Å². The van der Waals surface area contributed by atoms with Gasteiger partial charge in [-0.3, -0.25) is 0 Å². The number of carbonyl (C=O) groups excluding carboxylic acids is 1. The molecule has 3 rings (SSSR count). The van der Waals surface area contributed by atoms with Gasteiger partial charge in [0.15, 0.2) is 5.76 Å². The molecular formula is C21H27NO6. The molecule has 0 amide bonds. The molecule has 2 aromatic rings. The fraction of sp³-hybridized carbons (Fsp3) is 0.524. The molecule has 1 aliphatic heterocycles. The van der Waals surface area contributed by atoms with E-state index in [2.05, 4.69) is 5.16 Å². The number of furan rings is 1. The Kier molecular flexibility index (Phi) is 6.70. The molecule has 0 bridgehead atoms. The molecule has 0 radical (unpaired) electrons. The molecule has 0 atom stereocenters. The van der Waals surface area contributed by atoms with Crippen LogP contribution in [0.3, 0.4) is 0 Å². The Hall–Kier alpha value is -2.38. The largest absolute Gasteiger partial charge is 0.465 e. The number of ether oxygens (including phenoxy) is 3. The van der Waals surface area contributed by atoms with Crippen LogP contribution < -0.4 is 0 Å². The van der Waals surface area contributed by atoms with E-state index in [0.29, 0.717) is 31.3 Å². The lowest BCUT2D eigenvalue weighted by Gasteiger charge is -2.35. The minimum Gasteiger partial charge on any atom is -0.465 e. The zero-order valence-corrected chi connectivity index (χ0v) is 16.6. The standard InChI is InChI=1S/C21H27NO6/c1-15(19-12-17-9-4-5-10-18(17)28-19)22-27-11-7-6-8-16-13-25-21(2,26-14-16)20(23)24-3/h4-5,9-10,12,16H,6-8,11,13-14H2,1-3H3/b22-15-. The van der Waals surface area contributed by atoms with Crippen LogP contribution in [0.25, 0.3) is 11.0 Å². The number of fused-ring (bicyclic) bond motifs is 1. The van der Waals surface area contributed by atoms with E-state index < -0.39 is 11.8 Å². The number of esters is 1. The summed E-state index contributed by atoms with van der Waals surface area (Å²) in [5, 5.41) is 5.19. The highest BCUT2D eigenvalue weighted by molar-refractivity contribution is 5.99. The second-order valence-corrected chi connectivity index (χ2v) is 7.08. The lowest BCUT2D eigenvalue weighted by molar-refractivity contribution is -0.272. The van der Waals surface area contributed by atoms with Crippen molar-refractivity contribution in [3.63, 3.8) is 0 Å². The summed E-state index contributed by atoms with van der Waals surface area (Å²) in [6.07, 6.45) is 2.78. The maximum atomic E-state index is 11.6. The topological polar surface area (TPSA) is 79.5 Å². The van der Waals surface area contributed by atoms with Crippen LogP contribution in [0.4, 0.5) is 0 Å². The van der Waals surface area contributed by atoms with Crippen molar-refractivity contribution in [2.75, 3.05) is 26.9 Å². The van der Waals surface area contributed by atoms with Gasteiger partial charge in [-0.2, -0.15) is 0 Å². The monoisotopic (exact) mass is 389 g/mol. The van der Waals surface area contributed by atoms with Crippen molar-refractivity contribution in [3.05, 3.63) is 36.1 Å². The maximum absolute atomic E-state index is 11.6. The predicted molar refractivity (Wildman–Crippen MR) is 104 cm³/mol. The molecule has 0 unspecified atom stereocenters. The predicted octanol–water partition coefficient (Wildman–Crippen LogP) is 3.90. The van der Waals surface area contributed by atoms with Crippen molar-refractivity contribution in [1.82, 2.24) is 0 Å². The summed E-state index contributed by atoms with van der Waals surface area (Å²) in [5.74, 6) is -0.807. The second-order valence-electron chi connectivity index (χ2n) is 7.08. The number of oxime groups is 1. The molecule has 0 spiro atoms. The first kappa shape index (κ1) is 20.4. The third-order valence-corrected chi connectivity index (χ3v) is 4.83. The van der Waals surface area contributed by atoms with Crippen LogP contribution in [0.5, 0.6) is 0 Å². The van der Waals surface area contributed by atoms with E-state index in [-0.39, 0.29) is 5.92 Å². The Bertz CT molecular complexity index is 786. The van der Waals surface area contributed by atoms with Gasteiger partial charge in [-0.05, 0) is 38.3 Å². The average molecular weight is 389 g/mol. The normalized spacial score (nSPS) is 23.0. The van der Waals surface area contributed by atoms with Crippen molar-refractivity contribution in [1.29, 1.82) is 0 Å². The lowest BCUT2D eigenvalue weighted by atomic mass is 10.0. The van der Waals surface area contributed by atoms with Gasteiger partial charge in [-0.15, -0.1) is 0 Å². The van der Waals surface area contributed by atoms with Crippen molar-refractivity contribution in [2.24, 2.45) is 11.1 Å². The number of nitrogens with zero attached hydrogens (tertiary/aromatic N) is 1. The summed E-state index contributed by atoms with van der Waals surface area (Å²) in [4.78, 5) is 17.0. The average Bonchev–Trinajstić information content (AvgIpc) is 3.15. The van der Waals surface area contributed by atoms with Gasteiger partial charge in [0.2, 0.25) is 0 Å². The minimum absolute atomic E-state index is 0.263. The summed E-state index contributed by atoms with van der Waals surface area (Å²) in [7, 11) is 1.32. The van der Waals surface area contributed by atoms with Crippen molar-refractivity contribution < 1.29 is 28.3 Å². The van der Waals surface area contributed by atoms with Gasteiger partial charge in [0.25, 0.3) is 5.79 Å². The van der Waals surface area contributed by atoms with E-state index in [0.717, 1.165) is 30.2 Å². The Morgan fingerprint density at radius 3 is 2.71 bits per heavy atom. The Labute approximate surface area is 164 Å². The molecule has 1 aromatic carbocycles. The van der Waals surface area contributed by atoms with Crippen LogP contribution in [-0.4, -0.2) is 44.4 Å². The highest BCUT2D eigenvalue weighted by Gasteiger charge is 2.41. The summed E-state index contributed by atoms with van der Waals surface area (Å²) in [6.45, 7) is 4.95. The van der Waals surface area contributed by atoms with Crippen LogP contribution in [-0.2, 0) is 23.8 Å². The van der Waals surface area contributed by atoms with Gasteiger partial charge in [-0.1, -0.05) is 23.4 Å². The fourth-order valence-corrected chi connectivity index (χ4v) is 3.06. The van der Waals surface area contributed by atoms with Crippen LogP contribution in [0, 0.1) is 5.92 Å². The molecule has 7 nitrogen and oxygen atoms in total. The highest BCUT2D eigenvalue weighted by Crippen LogP contribution is 2.25. The van der Waals surface area contributed by atoms with Gasteiger partial charge in [0.05, 0.1) is 20.3 Å². The fourth-order valence-electron chi connectivity index (χ4n) is 3.06. The Morgan fingerprint density at radius 2 is 2.00 bits per heavy atom. The number of rotatable bonds is 8. The highest BCUT2D eigenvalue weighted by atomic mass is 16.7. The first-order valence-electron chi connectivity index (χ1n) is 9.53. The number of para-hydroxylation sites is 1. The summed E-state index contributed by atoms with van der Waals surface area (Å²) < 4.78 is 21.6. The zero-order chi connectivity index (χ0) is 20.0. The first-order valence-corrected chi connectivity index (χ1v) is 9.53. The molecule has 0 saturated carbocycles. The molecule has 1 aromatic heterocycles. The molecule has 1 saturated heterocycles. The number of hydrogen-bond acceptors (Lipinski definition) is 7. The molecule has 7 heteroatoms. The van der Waals surface area contributed by atoms with Gasteiger partial charge in [-0.25, -0.2) is 4.79 Å². The summed E-state index contributed by atoms with van der Waals surface area (Å²) >= 11 is 0. The van der Waals surface area contributed by atoms with Crippen LogP contribution in [0.2, 0.25) is 0 Å². The number of hydrogen-bond donors (Lipinski definition) is 0. The van der Waals surface area contributed by atoms with Gasteiger partial charge < -0.3 is 23.5 Å². The minimum atomic E-state index is -1.28. The van der Waals surface area contributed by atoms with E-state index in [4.69, 9.17) is 23.5 Å². The maximum Gasteiger partial charge on any atom is 0.366 e. The number of benzene rings is 1. The van der Waals surface area contributed by atoms with E-state index in [1.165, 1.54) is 7.11 Å². The third-order valence-electron chi connectivity index (χ3n) is 4.83. The molecule has 152 valence electrons. The molecule has 0 aliphatic carbocycles. The summed E-state index contributed by atoms with van der Waals surface area (Å²) in [5.41, 5.74) is 1.56. The van der Waals surface area contributed by atoms with E-state index in [1.807, 2.05) is 37.3 Å². The molecule has 1 aliphatic rings. The zero-order valence-electron chi connectivity index (χ0n) is 16.6. The molecule has 1 fully saturated rings. The van der Waals surface area contributed by atoms with Crippen LogP contribution in [0.1, 0.15) is 38.9 Å². The van der Waals surface area contributed by atoms with Crippen molar-refractivity contribution >= 4 is 22.7 Å². The summed E-state index contributed by atoms with van der Waals surface area (Å²) in [6, 6.07) is 9.81. The molecule has 0 N–H and O–H groups in total. The Morgan fingerprint density at radius 1 is 1.25 bits per heavy atom. The Balaban J connectivity index is 1.34. The van der Waals surface area contributed by atoms with Crippen molar-refractivity contribution in [3.8, 4) is 0 Å². The smallest absolute Gasteiger partial charge is 0.366 e. The van der Waals surface area contributed by atoms with Crippen molar-refractivity contribution in [2.45, 2.75) is 38.9 Å². The second kappa shape index (κ2) is 9.21. The van der Waals surface area contributed by atoms with Gasteiger partial charge >= 0.3 is 5.97 Å². The molecule has 28 heavy (non-hydrogen) atoms. The molecule has 2 heterocycles. The number of methoxy groups -OCH3 is 1. The number of unbranched alkanes of at least 4 members (excludes halogenated alkanes) is 1. The van der Waals surface area contributed by atoms with Gasteiger partial charge in [0, 0.05) is 18.2 Å². The van der Waals surface area contributed by atoms with Gasteiger partial charge in [0.1, 0.15) is 17.9 Å². The van der Waals surface area contributed by atoms with E-state index >= 15 is 0 Å².